The number of aliphatic hydroxyl groups excluding tert-OH is 1. The SMILES string of the molecule is O=C1C(=O)N(c2ccc(Cl)cc2)C(c2ccc(O)c(Cl)c2)/C1=C(/O)c1ccc(F)cc1. The molecule has 3 aromatic rings. The Bertz CT molecular complexity index is 1220. The number of carbonyl (C=O) groups excluding carboxylic acids is 2. The molecule has 0 aromatic heterocycles. The Morgan fingerprint density at radius 3 is 2.19 bits per heavy atom. The summed E-state index contributed by atoms with van der Waals surface area (Å²) in [6.45, 7) is 0. The van der Waals surface area contributed by atoms with E-state index in [1.165, 1.54) is 35.2 Å². The summed E-state index contributed by atoms with van der Waals surface area (Å²) in [6.07, 6.45) is 0. The van der Waals surface area contributed by atoms with Crippen molar-refractivity contribution in [3.8, 4) is 5.75 Å². The minimum Gasteiger partial charge on any atom is -0.507 e. The maximum atomic E-state index is 13.3. The first-order chi connectivity index (χ1) is 14.8. The van der Waals surface area contributed by atoms with E-state index in [-0.39, 0.29) is 21.9 Å². The second-order valence-corrected chi connectivity index (χ2v) is 7.71. The summed E-state index contributed by atoms with van der Waals surface area (Å²) < 4.78 is 13.3. The van der Waals surface area contributed by atoms with Gasteiger partial charge in [0.25, 0.3) is 11.7 Å². The van der Waals surface area contributed by atoms with Crippen LogP contribution in [0.15, 0.2) is 72.3 Å². The quantitative estimate of drug-likeness (QED) is 0.310. The molecule has 0 bridgehead atoms. The molecule has 31 heavy (non-hydrogen) atoms. The molecule has 2 N–H and O–H groups in total. The zero-order valence-corrected chi connectivity index (χ0v) is 17.2. The highest BCUT2D eigenvalue weighted by molar-refractivity contribution is 6.51. The van der Waals surface area contributed by atoms with Gasteiger partial charge in [-0.05, 0) is 66.2 Å². The number of rotatable bonds is 3. The number of aliphatic hydroxyl groups is 1. The van der Waals surface area contributed by atoms with Crippen molar-refractivity contribution in [3.05, 3.63) is 99.3 Å². The molecule has 0 saturated carbocycles. The van der Waals surface area contributed by atoms with Crippen LogP contribution in [0, 0.1) is 5.82 Å². The van der Waals surface area contributed by atoms with Crippen LogP contribution < -0.4 is 4.90 Å². The maximum absolute atomic E-state index is 13.3. The van der Waals surface area contributed by atoms with Gasteiger partial charge < -0.3 is 10.2 Å². The second kappa shape index (κ2) is 8.06. The number of phenolic OH excluding ortho intramolecular Hbond substituents is 1. The van der Waals surface area contributed by atoms with Crippen LogP contribution in [-0.2, 0) is 9.59 Å². The van der Waals surface area contributed by atoms with Gasteiger partial charge in [-0.15, -0.1) is 0 Å². The van der Waals surface area contributed by atoms with E-state index in [0.717, 1.165) is 12.1 Å². The second-order valence-electron chi connectivity index (χ2n) is 6.86. The lowest BCUT2D eigenvalue weighted by Crippen LogP contribution is -2.29. The number of anilines is 1. The molecule has 0 spiro atoms. The molecule has 156 valence electrons. The number of hydrogen-bond donors (Lipinski definition) is 2. The van der Waals surface area contributed by atoms with Crippen molar-refractivity contribution in [1.82, 2.24) is 0 Å². The fourth-order valence-corrected chi connectivity index (χ4v) is 3.79. The van der Waals surface area contributed by atoms with Gasteiger partial charge in [-0.3, -0.25) is 14.5 Å². The Morgan fingerprint density at radius 2 is 1.58 bits per heavy atom. The van der Waals surface area contributed by atoms with Crippen molar-refractivity contribution in [3.63, 3.8) is 0 Å². The highest BCUT2D eigenvalue weighted by Crippen LogP contribution is 2.43. The van der Waals surface area contributed by atoms with Gasteiger partial charge in [-0.2, -0.15) is 0 Å². The Balaban J connectivity index is 1.95. The number of hydrogen-bond acceptors (Lipinski definition) is 4. The summed E-state index contributed by atoms with van der Waals surface area (Å²) in [6, 6.07) is 14.4. The molecule has 1 saturated heterocycles. The lowest BCUT2D eigenvalue weighted by atomic mass is 9.95. The van der Waals surface area contributed by atoms with E-state index in [0.29, 0.717) is 16.3 Å². The van der Waals surface area contributed by atoms with Crippen LogP contribution in [0.1, 0.15) is 17.2 Å². The molecule has 1 atom stereocenters. The molecule has 0 aliphatic carbocycles. The van der Waals surface area contributed by atoms with Crippen LogP contribution >= 0.6 is 23.2 Å². The molecule has 1 heterocycles. The number of nitrogens with zero attached hydrogens (tertiary/aromatic N) is 1. The number of phenols is 1. The first kappa shape index (κ1) is 20.9. The van der Waals surface area contributed by atoms with E-state index < -0.39 is 29.3 Å². The van der Waals surface area contributed by atoms with Gasteiger partial charge in [0.05, 0.1) is 16.6 Å². The largest absolute Gasteiger partial charge is 0.507 e. The zero-order chi connectivity index (χ0) is 22.3. The number of ketones is 1. The van der Waals surface area contributed by atoms with Gasteiger partial charge in [-0.25, -0.2) is 4.39 Å². The third kappa shape index (κ3) is 3.76. The molecule has 1 aliphatic rings. The lowest BCUT2D eigenvalue weighted by molar-refractivity contribution is -0.132. The molecule has 5 nitrogen and oxygen atoms in total. The van der Waals surface area contributed by atoms with Crippen molar-refractivity contribution >= 4 is 46.3 Å². The topological polar surface area (TPSA) is 77.8 Å². The molecule has 3 aromatic carbocycles. The number of aromatic hydroxyl groups is 1. The minimum absolute atomic E-state index is 0.0148. The molecule has 8 heteroatoms. The van der Waals surface area contributed by atoms with E-state index in [9.17, 15) is 24.2 Å². The number of carbonyl (C=O) groups is 2. The summed E-state index contributed by atoms with van der Waals surface area (Å²) in [7, 11) is 0. The Morgan fingerprint density at radius 1 is 0.935 bits per heavy atom. The van der Waals surface area contributed by atoms with E-state index >= 15 is 0 Å². The van der Waals surface area contributed by atoms with Crippen LogP contribution in [0.3, 0.4) is 0 Å². The van der Waals surface area contributed by atoms with Gasteiger partial charge in [0.2, 0.25) is 0 Å². The number of halogens is 3. The van der Waals surface area contributed by atoms with Gasteiger partial charge in [0, 0.05) is 16.3 Å². The first-order valence-electron chi connectivity index (χ1n) is 9.09. The molecule has 4 rings (SSSR count). The first-order valence-corrected chi connectivity index (χ1v) is 9.84. The lowest BCUT2D eigenvalue weighted by Gasteiger charge is -2.25. The van der Waals surface area contributed by atoms with Gasteiger partial charge in [-0.1, -0.05) is 29.3 Å². The summed E-state index contributed by atoms with van der Waals surface area (Å²) in [5, 5.41) is 21.2. The zero-order valence-electron chi connectivity index (χ0n) is 15.7. The predicted octanol–water partition coefficient (Wildman–Crippen LogP) is 5.46. The van der Waals surface area contributed by atoms with Crippen molar-refractivity contribution < 1.29 is 24.2 Å². The molecule has 1 unspecified atom stereocenters. The normalized spacial score (nSPS) is 17.9. The Kier molecular flexibility index (Phi) is 5.43. The number of amides is 1. The van der Waals surface area contributed by atoms with E-state index in [1.807, 2.05) is 0 Å². The molecule has 1 fully saturated rings. The predicted molar refractivity (Wildman–Crippen MR) is 116 cm³/mol. The van der Waals surface area contributed by atoms with E-state index in [2.05, 4.69) is 0 Å². The fourth-order valence-electron chi connectivity index (χ4n) is 3.47. The standard InChI is InChI=1S/C23H14Cl2FNO4/c24-14-4-8-16(9-5-14)27-20(13-3-10-18(28)17(25)11-13)19(22(30)23(27)31)21(29)12-1-6-15(26)7-2-12/h1-11,20,28-29H/b21-19-. The highest BCUT2D eigenvalue weighted by atomic mass is 35.5. The summed E-state index contributed by atoms with van der Waals surface area (Å²) >= 11 is 12.0. The number of benzene rings is 3. The van der Waals surface area contributed by atoms with Gasteiger partial charge >= 0.3 is 0 Å². The average molecular weight is 458 g/mol. The summed E-state index contributed by atoms with van der Waals surface area (Å²) in [5.41, 5.74) is 0.748. The van der Waals surface area contributed by atoms with Crippen LogP contribution in [-0.4, -0.2) is 21.9 Å². The van der Waals surface area contributed by atoms with Crippen LogP contribution in [0.5, 0.6) is 5.75 Å². The van der Waals surface area contributed by atoms with Crippen LogP contribution in [0.25, 0.3) is 5.76 Å². The smallest absolute Gasteiger partial charge is 0.300 e. The highest BCUT2D eigenvalue weighted by Gasteiger charge is 2.47. The fraction of sp³-hybridized carbons (Fsp3) is 0.0435. The van der Waals surface area contributed by atoms with Gasteiger partial charge in [0.15, 0.2) is 0 Å². The Hall–Kier alpha value is -3.35. The molecule has 0 radical (unpaired) electrons. The minimum atomic E-state index is -1.04. The monoisotopic (exact) mass is 457 g/mol. The third-order valence-electron chi connectivity index (χ3n) is 4.95. The molecule has 1 aliphatic heterocycles. The van der Waals surface area contributed by atoms with Crippen molar-refractivity contribution in [2.75, 3.05) is 4.90 Å². The van der Waals surface area contributed by atoms with E-state index in [1.54, 1.807) is 24.3 Å². The van der Waals surface area contributed by atoms with Gasteiger partial charge in [0.1, 0.15) is 17.3 Å². The Labute approximate surface area is 186 Å². The van der Waals surface area contributed by atoms with Crippen molar-refractivity contribution in [1.29, 1.82) is 0 Å². The van der Waals surface area contributed by atoms with E-state index in [4.69, 9.17) is 23.2 Å². The van der Waals surface area contributed by atoms with Crippen LogP contribution in [0.2, 0.25) is 10.0 Å². The average Bonchev–Trinajstić information content (AvgIpc) is 3.01. The molecular weight excluding hydrogens is 444 g/mol. The van der Waals surface area contributed by atoms with Crippen LogP contribution in [0.4, 0.5) is 10.1 Å². The van der Waals surface area contributed by atoms with Crippen molar-refractivity contribution in [2.45, 2.75) is 6.04 Å². The maximum Gasteiger partial charge on any atom is 0.300 e. The van der Waals surface area contributed by atoms with Crippen molar-refractivity contribution in [2.24, 2.45) is 0 Å². The summed E-state index contributed by atoms with van der Waals surface area (Å²) in [4.78, 5) is 27.2. The number of Topliss-reactive ketones (excluding diaryl/α,β-unsaturated/α-hetero) is 1. The molecule has 1 amide bonds. The summed E-state index contributed by atoms with van der Waals surface area (Å²) in [5.74, 6) is -2.91. The third-order valence-corrected chi connectivity index (χ3v) is 5.51. The molecular formula is C23H14Cl2FNO4.